The molecular formula is C61H47N3Si. The van der Waals surface area contributed by atoms with E-state index < -0.39 is 13.5 Å². The summed E-state index contributed by atoms with van der Waals surface area (Å²) >= 11 is 0. The maximum Gasteiger partial charge on any atom is 0.164 e. The van der Waals surface area contributed by atoms with Gasteiger partial charge in [-0.05, 0) is 85.0 Å². The number of fused-ring (bicyclic) bond motifs is 3. The van der Waals surface area contributed by atoms with Crippen LogP contribution in [0.25, 0.3) is 78.7 Å². The quantitative estimate of drug-likeness (QED) is 0.136. The molecule has 0 unspecified atom stereocenters. The van der Waals surface area contributed by atoms with Crippen LogP contribution in [-0.4, -0.2) is 23.0 Å². The van der Waals surface area contributed by atoms with E-state index in [2.05, 4.69) is 232 Å². The maximum absolute atomic E-state index is 5.14. The van der Waals surface area contributed by atoms with Crippen molar-refractivity contribution in [3.05, 3.63) is 253 Å². The number of benzene rings is 9. The molecule has 1 aliphatic rings. The second-order valence-corrected chi connectivity index (χ2v) is 23.1. The van der Waals surface area contributed by atoms with Crippen molar-refractivity contribution in [3.63, 3.8) is 0 Å². The minimum Gasteiger partial charge on any atom is -0.208 e. The normalized spacial score (nSPS) is 12.7. The van der Waals surface area contributed by atoms with Crippen LogP contribution in [0.4, 0.5) is 0 Å². The van der Waals surface area contributed by atoms with Crippen molar-refractivity contribution in [3.8, 4) is 78.7 Å². The molecule has 0 fully saturated rings. The zero-order valence-corrected chi connectivity index (χ0v) is 37.8. The maximum atomic E-state index is 5.14. The predicted molar refractivity (Wildman–Crippen MR) is 273 cm³/mol. The molecule has 0 spiro atoms. The third kappa shape index (κ3) is 7.32. The van der Waals surface area contributed by atoms with Crippen LogP contribution in [0.5, 0.6) is 0 Å². The van der Waals surface area contributed by atoms with Crippen LogP contribution in [0.2, 0.25) is 19.6 Å². The number of rotatable bonds is 9. The summed E-state index contributed by atoms with van der Waals surface area (Å²) in [6, 6.07) is 83.2. The van der Waals surface area contributed by atoms with Crippen molar-refractivity contribution < 1.29 is 0 Å². The Labute approximate surface area is 382 Å². The highest BCUT2D eigenvalue weighted by Gasteiger charge is 2.46. The molecule has 0 amide bonds. The molecule has 0 N–H and O–H groups in total. The molecule has 65 heavy (non-hydrogen) atoms. The Hall–Kier alpha value is -7.79. The highest BCUT2D eigenvalue weighted by molar-refractivity contribution is 6.88. The number of hydrogen-bond donors (Lipinski definition) is 0. The van der Waals surface area contributed by atoms with Crippen LogP contribution >= 0.6 is 0 Å². The first-order chi connectivity index (χ1) is 31.8. The van der Waals surface area contributed by atoms with E-state index >= 15 is 0 Å². The van der Waals surface area contributed by atoms with Gasteiger partial charge in [0.05, 0.1) is 13.5 Å². The molecule has 9 aromatic carbocycles. The zero-order chi connectivity index (χ0) is 44.0. The van der Waals surface area contributed by atoms with Crippen molar-refractivity contribution in [1.82, 2.24) is 15.0 Å². The van der Waals surface area contributed by atoms with Gasteiger partial charge in [0.1, 0.15) is 0 Å². The van der Waals surface area contributed by atoms with E-state index in [1.54, 1.807) is 0 Å². The molecule has 0 bridgehead atoms. The lowest BCUT2D eigenvalue weighted by atomic mass is 9.67. The lowest BCUT2D eigenvalue weighted by molar-refractivity contribution is 0.769. The Morgan fingerprint density at radius 2 is 0.677 bits per heavy atom. The van der Waals surface area contributed by atoms with Crippen molar-refractivity contribution >= 4 is 13.3 Å². The SMILES string of the molecule is C[Si](C)(C)c1ccc(-c2ccc(-c3nc(-c4ccccc4)nc(-c4cccc(-c5cccc(-c6ccc7c(c6)C(c6ccccc6)(c6ccccc6)c6ccccc6-7)c5)c4)n3)cc2)cc1. The van der Waals surface area contributed by atoms with Crippen molar-refractivity contribution in [2.24, 2.45) is 0 Å². The van der Waals surface area contributed by atoms with Gasteiger partial charge in [0, 0.05) is 16.7 Å². The topological polar surface area (TPSA) is 38.7 Å². The third-order valence-corrected chi connectivity index (χ3v) is 15.1. The summed E-state index contributed by atoms with van der Waals surface area (Å²) in [5, 5.41) is 1.46. The fourth-order valence-corrected chi connectivity index (χ4v) is 10.8. The van der Waals surface area contributed by atoms with E-state index in [1.165, 1.54) is 55.3 Å². The number of hydrogen-bond acceptors (Lipinski definition) is 3. The molecule has 0 saturated heterocycles. The van der Waals surface area contributed by atoms with Gasteiger partial charge in [-0.25, -0.2) is 15.0 Å². The van der Waals surface area contributed by atoms with Gasteiger partial charge in [0.15, 0.2) is 17.5 Å². The standard InChI is InChI=1S/C61H47N3Si/c1-65(2,3)53-36-33-43(34-37-53)42-29-31-45(32-30-42)59-62-58(44-17-7-4-8-18-44)63-60(64-59)50-22-16-21-48(40-50)46-19-15-20-47(39-46)49-35-38-55-54-27-13-14-28-56(54)61(57(55)41-49,51-23-9-5-10-24-51)52-25-11-6-12-26-52/h4-41H,1-3H3. The summed E-state index contributed by atoms with van der Waals surface area (Å²) < 4.78 is 0. The van der Waals surface area contributed by atoms with Gasteiger partial charge in [-0.2, -0.15) is 0 Å². The summed E-state index contributed by atoms with van der Waals surface area (Å²) in [7, 11) is -1.38. The highest BCUT2D eigenvalue weighted by Crippen LogP contribution is 2.56. The predicted octanol–water partition coefficient (Wildman–Crippen LogP) is 14.8. The first-order valence-electron chi connectivity index (χ1n) is 22.4. The second-order valence-electron chi connectivity index (χ2n) is 18.0. The second kappa shape index (κ2) is 16.4. The summed E-state index contributed by atoms with van der Waals surface area (Å²) in [4.78, 5) is 15.3. The Morgan fingerprint density at radius 3 is 1.25 bits per heavy atom. The van der Waals surface area contributed by atoms with E-state index in [0.29, 0.717) is 17.5 Å². The molecule has 1 aliphatic carbocycles. The van der Waals surface area contributed by atoms with E-state index in [4.69, 9.17) is 15.0 Å². The number of aromatic nitrogens is 3. The van der Waals surface area contributed by atoms with Crippen LogP contribution in [0.3, 0.4) is 0 Å². The van der Waals surface area contributed by atoms with Crippen LogP contribution in [0.15, 0.2) is 231 Å². The Morgan fingerprint density at radius 1 is 0.292 bits per heavy atom. The van der Waals surface area contributed by atoms with E-state index in [1.807, 2.05) is 18.2 Å². The zero-order valence-electron chi connectivity index (χ0n) is 36.8. The van der Waals surface area contributed by atoms with Gasteiger partial charge in [-0.15, -0.1) is 0 Å². The molecule has 1 heterocycles. The van der Waals surface area contributed by atoms with Gasteiger partial charge < -0.3 is 0 Å². The van der Waals surface area contributed by atoms with Gasteiger partial charge in [0.2, 0.25) is 0 Å². The lowest BCUT2D eigenvalue weighted by Crippen LogP contribution is -2.37. The molecule has 310 valence electrons. The van der Waals surface area contributed by atoms with Crippen molar-refractivity contribution in [2.75, 3.05) is 0 Å². The largest absolute Gasteiger partial charge is 0.208 e. The average Bonchev–Trinajstić information content (AvgIpc) is 3.67. The van der Waals surface area contributed by atoms with Gasteiger partial charge in [0.25, 0.3) is 0 Å². The van der Waals surface area contributed by atoms with Crippen molar-refractivity contribution in [2.45, 2.75) is 25.1 Å². The summed E-state index contributed by atoms with van der Waals surface area (Å²) in [5.74, 6) is 1.92. The first-order valence-corrected chi connectivity index (χ1v) is 25.9. The summed E-state index contributed by atoms with van der Waals surface area (Å²) in [6.07, 6.45) is 0. The number of nitrogens with zero attached hydrogens (tertiary/aromatic N) is 3. The molecule has 0 aliphatic heterocycles. The molecule has 0 atom stereocenters. The minimum atomic E-state index is -1.38. The first kappa shape index (κ1) is 40.0. The molecular weight excluding hydrogens is 803 g/mol. The molecule has 3 nitrogen and oxygen atoms in total. The summed E-state index contributed by atoms with van der Waals surface area (Å²) in [5.41, 5.74) is 17.0. The molecule has 1 aromatic heterocycles. The molecule has 11 rings (SSSR count). The Kier molecular flexibility index (Phi) is 10.1. The van der Waals surface area contributed by atoms with Crippen LogP contribution in [0.1, 0.15) is 22.3 Å². The third-order valence-electron chi connectivity index (χ3n) is 13.0. The van der Waals surface area contributed by atoms with Crippen LogP contribution < -0.4 is 5.19 Å². The van der Waals surface area contributed by atoms with E-state index in [9.17, 15) is 0 Å². The highest BCUT2D eigenvalue weighted by atomic mass is 28.3. The Bertz CT molecular complexity index is 3280. The minimum absolute atomic E-state index is 0.458. The van der Waals surface area contributed by atoms with Crippen molar-refractivity contribution in [1.29, 1.82) is 0 Å². The molecule has 0 radical (unpaired) electrons. The molecule has 4 heteroatoms. The lowest BCUT2D eigenvalue weighted by Gasteiger charge is -2.34. The van der Waals surface area contributed by atoms with Crippen LogP contribution in [-0.2, 0) is 5.41 Å². The van der Waals surface area contributed by atoms with Gasteiger partial charge in [-0.1, -0.05) is 237 Å². The average molecular weight is 850 g/mol. The fourth-order valence-electron chi connectivity index (χ4n) is 9.67. The van der Waals surface area contributed by atoms with Crippen LogP contribution in [0, 0.1) is 0 Å². The van der Waals surface area contributed by atoms with E-state index in [-0.39, 0.29) is 0 Å². The fraction of sp³-hybridized carbons (Fsp3) is 0.0656. The molecule has 10 aromatic rings. The van der Waals surface area contributed by atoms with Gasteiger partial charge in [-0.3, -0.25) is 0 Å². The van der Waals surface area contributed by atoms with Gasteiger partial charge >= 0.3 is 0 Å². The Balaban J connectivity index is 0.967. The van der Waals surface area contributed by atoms with E-state index in [0.717, 1.165) is 33.4 Å². The smallest absolute Gasteiger partial charge is 0.164 e. The summed E-state index contributed by atoms with van der Waals surface area (Å²) in [6.45, 7) is 7.15. The monoisotopic (exact) mass is 849 g/mol. The molecule has 0 saturated carbocycles.